The number of nitrogens with zero attached hydrogens (tertiary/aromatic N) is 2. The summed E-state index contributed by atoms with van der Waals surface area (Å²) < 4.78 is 7.05. The number of fused-ring (bicyclic) bond motifs is 1. The lowest BCUT2D eigenvalue weighted by Crippen LogP contribution is -2.52. The van der Waals surface area contributed by atoms with E-state index in [1.165, 1.54) is 32.1 Å². The molecule has 3 nitrogen and oxygen atoms in total. The smallest absolute Gasteiger partial charge is 0.298 e. The van der Waals surface area contributed by atoms with Crippen molar-refractivity contribution in [2.24, 2.45) is 10.4 Å². The third-order valence-corrected chi connectivity index (χ3v) is 7.22. The molecule has 2 aromatic carbocycles. The van der Waals surface area contributed by atoms with Gasteiger partial charge in [0.2, 0.25) is 0 Å². The standard InChI is InChI=1S/C21H23ClN2OS2/c1-27-20(26)24-13-21(11-5-2-6-12-21)14-25-19(24)23-18-10-9-17(22)15-7-3-4-8-16(15)18/h3-4,7-10H,2,5-6,11-14H2,1H3. The van der Waals surface area contributed by atoms with E-state index in [1.807, 2.05) is 42.7 Å². The van der Waals surface area contributed by atoms with Crippen LogP contribution in [0.2, 0.25) is 5.02 Å². The molecule has 2 aliphatic rings. The fourth-order valence-electron chi connectivity index (χ4n) is 4.14. The Balaban J connectivity index is 1.72. The number of hydrogen-bond acceptors (Lipinski definition) is 4. The molecule has 0 unspecified atom stereocenters. The monoisotopic (exact) mass is 418 g/mol. The second kappa shape index (κ2) is 7.98. The van der Waals surface area contributed by atoms with Crippen LogP contribution in [0.25, 0.3) is 10.8 Å². The number of ether oxygens (including phenoxy) is 1. The van der Waals surface area contributed by atoms with E-state index in [1.54, 1.807) is 11.8 Å². The first-order chi connectivity index (χ1) is 13.1. The molecule has 1 saturated heterocycles. The largest absolute Gasteiger partial charge is 0.464 e. The summed E-state index contributed by atoms with van der Waals surface area (Å²) in [6, 6.07) is 12.5. The van der Waals surface area contributed by atoms with Crippen molar-refractivity contribution < 1.29 is 4.74 Å². The molecule has 4 rings (SSSR count). The summed E-state index contributed by atoms with van der Waals surface area (Å²) in [6.07, 6.45) is 8.30. The van der Waals surface area contributed by atoms with Crippen LogP contribution in [0.3, 0.4) is 0 Å². The molecule has 1 aliphatic heterocycles. The highest BCUT2D eigenvalue weighted by Crippen LogP contribution is 2.41. The van der Waals surface area contributed by atoms with Crippen molar-refractivity contribution in [3.8, 4) is 0 Å². The molecule has 0 bridgehead atoms. The molecule has 0 amide bonds. The summed E-state index contributed by atoms with van der Waals surface area (Å²) >= 11 is 13.6. The minimum Gasteiger partial charge on any atom is -0.464 e. The Labute approximate surface area is 175 Å². The van der Waals surface area contributed by atoms with Crippen LogP contribution in [-0.4, -0.2) is 34.6 Å². The molecule has 0 radical (unpaired) electrons. The average molecular weight is 419 g/mol. The van der Waals surface area contributed by atoms with E-state index < -0.39 is 0 Å². The van der Waals surface area contributed by atoms with Gasteiger partial charge in [0.25, 0.3) is 6.02 Å². The SMILES string of the molecule is CSC(=S)N1CC2(CCCCC2)COC1=Nc1ccc(Cl)c2ccccc12. The lowest BCUT2D eigenvalue weighted by Gasteiger charge is -2.45. The molecule has 27 heavy (non-hydrogen) atoms. The van der Waals surface area contributed by atoms with Crippen LogP contribution in [0.1, 0.15) is 32.1 Å². The zero-order valence-corrected chi connectivity index (χ0v) is 17.8. The molecule has 1 saturated carbocycles. The predicted molar refractivity (Wildman–Crippen MR) is 120 cm³/mol. The maximum Gasteiger partial charge on any atom is 0.298 e. The van der Waals surface area contributed by atoms with Crippen LogP contribution in [0.4, 0.5) is 5.69 Å². The molecule has 1 spiro atoms. The van der Waals surface area contributed by atoms with Gasteiger partial charge in [0.15, 0.2) is 0 Å². The second-order valence-corrected chi connectivity index (χ2v) is 9.26. The Kier molecular flexibility index (Phi) is 5.62. The molecule has 0 N–H and O–H groups in total. The fourth-order valence-corrected chi connectivity index (χ4v) is 4.87. The summed E-state index contributed by atoms with van der Waals surface area (Å²) in [6.45, 7) is 1.63. The Bertz CT molecular complexity index is 893. The Hall–Kier alpha value is -1.30. The number of thioether (sulfide) groups is 1. The van der Waals surface area contributed by atoms with Gasteiger partial charge in [-0.15, -0.1) is 0 Å². The molecular weight excluding hydrogens is 396 g/mol. The maximum absolute atomic E-state index is 6.36. The van der Waals surface area contributed by atoms with E-state index >= 15 is 0 Å². The van der Waals surface area contributed by atoms with Gasteiger partial charge in [-0.2, -0.15) is 4.99 Å². The number of thiocarbonyl (C=S) groups is 1. The molecule has 0 atom stereocenters. The van der Waals surface area contributed by atoms with Gasteiger partial charge in [0, 0.05) is 27.8 Å². The van der Waals surface area contributed by atoms with Crippen molar-refractivity contribution in [3.63, 3.8) is 0 Å². The van der Waals surface area contributed by atoms with Crippen molar-refractivity contribution in [2.45, 2.75) is 32.1 Å². The van der Waals surface area contributed by atoms with Crippen LogP contribution < -0.4 is 0 Å². The molecule has 142 valence electrons. The van der Waals surface area contributed by atoms with Crippen LogP contribution in [0, 0.1) is 5.41 Å². The number of hydrogen-bond donors (Lipinski definition) is 0. The summed E-state index contributed by atoms with van der Waals surface area (Å²) in [5.74, 6) is 0. The minimum absolute atomic E-state index is 0.207. The van der Waals surface area contributed by atoms with Gasteiger partial charge >= 0.3 is 0 Å². The fraction of sp³-hybridized carbons (Fsp3) is 0.429. The lowest BCUT2D eigenvalue weighted by molar-refractivity contribution is 0.0347. The number of benzene rings is 2. The van der Waals surface area contributed by atoms with Crippen LogP contribution in [-0.2, 0) is 4.74 Å². The van der Waals surface area contributed by atoms with E-state index in [4.69, 9.17) is 33.5 Å². The first-order valence-electron chi connectivity index (χ1n) is 9.36. The number of amidine groups is 1. The normalized spacial score (nSPS) is 20.8. The number of aliphatic imine (C=N–C) groups is 1. The molecule has 2 aromatic rings. The van der Waals surface area contributed by atoms with E-state index in [-0.39, 0.29) is 5.41 Å². The van der Waals surface area contributed by atoms with Gasteiger partial charge in [-0.05, 0) is 31.2 Å². The third kappa shape index (κ3) is 3.82. The van der Waals surface area contributed by atoms with E-state index in [0.29, 0.717) is 6.02 Å². The van der Waals surface area contributed by atoms with Crippen molar-refractivity contribution in [3.05, 3.63) is 41.4 Å². The quantitative estimate of drug-likeness (QED) is 0.499. The lowest BCUT2D eigenvalue weighted by atomic mass is 9.74. The van der Waals surface area contributed by atoms with E-state index in [0.717, 1.165) is 39.0 Å². The van der Waals surface area contributed by atoms with Gasteiger partial charge in [0.05, 0.1) is 12.3 Å². The van der Waals surface area contributed by atoms with Gasteiger partial charge in [-0.3, -0.25) is 4.90 Å². The highest BCUT2D eigenvalue weighted by Gasteiger charge is 2.41. The van der Waals surface area contributed by atoms with Crippen LogP contribution >= 0.6 is 35.6 Å². The van der Waals surface area contributed by atoms with Gasteiger partial charge < -0.3 is 4.74 Å². The second-order valence-electron chi connectivity index (χ2n) is 7.41. The Morgan fingerprint density at radius 2 is 1.89 bits per heavy atom. The average Bonchev–Trinajstić information content (AvgIpc) is 2.71. The van der Waals surface area contributed by atoms with Crippen molar-refractivity contribution in [1.82, 2.24) is 4.90 Å². The summed E-state index contributed by atoms with van der Waals surface area (Å²) in [5, 5.41) is 2.76. The molecule has 1 heterocycles. The Morgan fingerprint density at radius 1 is 1.15 bits per heavy atom. The van der Waals surface area contributed by atoms with E-state index in [2.05, 4.69) is 4.90 Å². The van der Waals surface area contributed by atoms with E-state index in [9.17, 15) is 0 Å². The van der Waals surface area contributed by atoms with Crippen LogP contribution in [0.5, 0.6) is 0 Å². The van der Waals surface area contributed by atoms with Crippen LogP contribution in [0.15, 0.2) is 41.4 Å². The predicted octanol–water partition coefficient (Wildman–Crippen LogP) is 6.41. The molecule has 1 aliphatic carbocycles. The minimum atomic E-state index is 0.207. The maximum atomic E-state index is 6.36. The molecular formula is C21H23ClN2OS2. The highest BCUT2D eigenvalue weighted by atomic mass is 35.5. The van der Waals surface area contributed by atoms with Gasteiger partial charge in [-0.25, -0.2) is 0 Å². The molecule has 2 fully saturated rings. The summed E-state index contributed by atoms with van der Waals surface area (Å²) in [5.41, 5.74) is 1.07. The van der Waals surface area contributed by atoms with Crippen molar-refractivity contribution in [2.75, 3.05) is 19.4 Å². The summed E-state index contributed by atoms with van der Waals surface area (Å²) in [7, 11) is 0. The number of rotatable bonds is 1. The number of halogens is 1. The van der Waals surface area contributed by atoms with Crippen molar-refractivity contribution >= 4 is 62.4 Å². The van der Waals surface area contributed by atoms with Gasteiger partial charge in [0.1, 0.15) is 4.32 Å². The zero-order chi connectivity index (χ0) is 18.9. The molecule has 6 heteroatoms. The van der Waals surface area contributed by atoms with Gasteiger partial charge in [-0.1, -0.05) is 79.1 Å². The third-order valence-electron chi connectivity index (χ3n) is 5.61. The highest BCUT2D eigenvalue weighted by molar-refractivity contribution is 8.22. The Morgan fingerprint density at radius 3 is 2.63 bits per heavy atom. The zero-order valence-electron chi connectivity index (χ0n) is 15.4. The molecule has 0 aromatic heterocycles. The first kappa shape index (κ1) is 19.0. The first-order valence-corrected chi connectivity index (χ1v) is 11.4. The summed E-state index contributed by atoms with van der Waals surface area (Å²) in [4.78, 5) is 6.97. The van der Waals surface area contributed by atoms with Crippen molar-refractivity contribution in [1.29, 1.82) is 0 Å². The topological polar surface area (TPSA) is 24.8 Å².